The molecule has 16 heavy (non-hydrogen) atoms. The van der Waals surface area contributed by atoms with Crippen molar-refractivity contribution in [2.45, 2.75) is 18.7 Å². The fourth-order valence-electron chi connectivity index (χ4n) is 1.18. The van der Waals surface area contributed by atoms with Gasteiger partial charge in [-0.2, -0.15) is 0 Å². The maximum Gasteiger partial charge on any atom is 0.151 e. The van der Waals surface area contributed by atoms with Crippen LogP contribution in [0, 0.1) is 0 Å². The van der Waals surface area contributed by atoms with E-state index in [9.17, 15) is 4.79 Å². The van der Waals surface area contributed by atoms with Gasteiger partial charge in [-0.05, 0) is 32.0 Å². The van der Waals surface area contributed by atoms with E-state index in [2.05, 4.69) is 19.9 Å². The number of ether oxygens (including phenoxy) is 1. The lowest BCUT2D eigenvalue weighted by Crippen LogP contribution is -1.89. The molecule has 0 aliphatic rings. The van der Waals surface area contributed by atoms with E-state index in [0.717, 1.165) is 16.9 Å². The molecular formula is C13H16O2S. The lowest BCUT2D eigenvalue weighted by molar-refractivity contribution is 0.112. The van der Waals surface area contributed by atoms with Crippen molar-refractivity contribution in [2.75, 3.05) is 12.9 Å². The van der Waals surface area contributed by atoms with Crippen LogP contribution in [0.4, 0.5) is 0 Å². The second-order valence-corrected chi connectivity index (χ2v) is 4.68. The second kappa shape index (κ2) is 6.38. The van der Waals surface area contributed by atoms with Crippen molar-refractivity contribution in [1.82, 2.24) is 0 Å². The van der Waals surface area contributed by atoms with Crippen LogP contribution in [0.1, 0.15) is 24.2 Å². The standard InChI is InChI=1S/C13H16O2S/c1-10(2)6-7-16-13-5-4-12(15-3)8-11(13)9-14/h4-6,8-9H,7H2,1-3H3. The first-order valence-electron chi connectivity index (χ1n) is 5.06. The summed E-state index contributed by atoms with van der Waals surface area (Å²) in [5, 5.41) is 0. The van der Waals surface area contributed by atoms with Gasteiger partial charge in [-0.1, -0.05) is 11.6 Å². The summed E-state index contributed by atoms with van der Waals surface area (Å²) in [6.45, 7) is 4.13. The van der Waals surface area contributed by atoms with Crippen LogP contribution in [0.3, 0.4) is 0 Å². The third-order valence-electron chi connectivity index (χ3n) is 2.07. The normalized spacial score (nSPS) is 9.69. The molecule has 0 amide bonds. The average molecular weight is 236 g/mol. The zero-order chi connectivity index (χ0) is 12.0. The summed E-state index contributed by atoms with van der Waals surface area (Å²) < 4.78 is 5.07. The molecule has 1 rings (SSSR count). The Bertz CT molecular complexity index is 393. The van der Waals surface area contributed by atoms with Gasteiger partial charge in [-0.15, -0.1) is 11.8 Å². The van der Waals surface area contributed by atoms with Crippen molar-refractivity contribution in [2.24, 2.45) is 0 Å². The lowest BCUT2D eigenvalue weighted by Gasteiger charge is -2.05. The Kier molecular flexibility index (Phi) is 5.12. The van der Waals surface area contributed by atoms with Gasteiger partial charge in [-0.25, -0.2) is 0 Å². The molecule has 0 saturated carbocycles. The molecule has 1 aromatic carbocycles. The summed E-state index contributed by atoms with van der Waals surface area (Å²) in [5.41, 5.74) is 1.97. The molecule has 0 aliphatic heterocycles. The van der Waals surface area contributed by atoms with Gasteiger partial charge in [0.05, 0.1) is 7.11 Å². The van der Waals surface area contributed by atoms with Gasteiger partial charge in [0.1, 0.15) is 5.75 Å². The van der Waals surface area contributed by atoms with Crippen LogP contribution in [-0.2, 0) is 0 Å². The second-order valence-electron chi connectivity index (χ2n) is 3.61. The fraction of sp³-hybridized carbons (Fsp3) is 0.308. The molecule has 0 fully saturated rings. The minimum Gasteiger partial charge on any atom is -0.497 e. The highest BCUT2D eigenvalue weighted by Gasteiger charge is 2.03. The van der Waals surface area contributed by atoms with Crippen molar-refractivity contribution in [3.8, 4) is 5.75 Å². The quantitative estimate of drug-likeness (QED) is 0.444. The van der Waals surface area contributed by atoms with Gasteiger partial charge in [0, 0.05) is 16.2 Å². The van der Waals surface area contributed by atoms with Crippen LogP contribution in [0.25, 0.3) is 0 Å². The Morgan fingerprint density at radius 3 is 2.75 bits per heavy atom. The smallest absolute Gasteiger partial charge is 0.151 e. The molecule has 0 spiro atoms. The third kappa shape index (κ3) is 3.74. The monoisotopic (exact) mass is 236 g/mol. The summed E-state index contributed by atoms with van der Waals surface area (Å²) in [7, 11) is 1.60. The number of carbonyl (C=O) groups is 1. The molecule has 2 nitrogen and oxygen atoms in total. The van der Waals surface area contributed by atoms with Gasteiger partial charge < -0.3 is 4.74 Å². The van der Waals surface area contributed by atoms with Gasteiger partial charge in [0.2, 0.25) is 0 Å². The van der Waals surface area contributed by atoms with Crippen molar-refractivity contribution in [3.63, 3.8) is 0 Å². The summed E-state index contributed by atoms with van der Waals surface area (Å²) in [4.78, 5) is 11.9. The highest BCUT2D eigenvalue weighted by molar-refractivity contribution is 7.99. The molecule has 0 aliphatic carbocycles. The van der Waals surface area contributed by atoms with Crippen LogP contribution in [-0.4, -0.2) is 19.1 Å². The zero-order valence-electron chi connectivity index (χ0n) is 9.82. The molecular weight excluding hydrogens is 220 g/mol. The summed E-state index contributed by atoms with van der Waals surface area (Å²) in [5.74, 6) is 1.60. The number of benzene rings is 1. The van der Waals surface area contributed by atoms with Crippen molar-refractivity contribution < 1.29 is 9.53 Å². The SMILES string of the molecule is COc1ccc(SCC=C(C)C)c(C=O)c1. The van der Waals surface area contributed by atoms with Crippen LogP contribution in [0.5, 0.6) is 5.75 Å². The van der Waals surface area contributed by atoms with Crippen LogP contribution >= 0.6 is 11.8 Å². The molecule has 86 valence electrons. The van der Waals surface area contributed by atoms with Gasteiger partial charge in [0.25, 0.3) is 0 Å². The van der Waals surface area contributed by atoms with E-state index in [1.165, 1.54) is 5.57 Å². The van der Waals surface area contributed by atoms with E-state index in [1.54, 1.807) is 24.9 Å². The largest absolute Gasteiger partial charge is 0.497 e. The Balaban J connectivity index is 2.79. The fourth-order valence-corrected chi connectivity index (χ4v) is 2.21. The van der Waals surface area contributed by atoms with Crippen LogP contribution in [0.15, 0.2) is 34.7 Å². The molecule has 0 atom stereocenters. The number of aldehydes is 1. The first-order chi connectivity index (χ1) is 7.67. The minimum absolute atomic E-state index is 0.687. The summed E-state index contributed by atoms with van der Waals surface area (Å²) in [6.07, 6.45) is 3.01. The number of hydrogen-bond acceptors (Lipinski definition) is 3. The number of methoxy groups -OCH3 is 1. The summed E-state index contributed by atoms with van der Waals surface area (Å²) >= 11 is 1.66. The lowest BCUT2D eigenvalue weighted by atomic mass is 10.2. The maximum atomic E-state index is 10.9. The van der Waals surface area contributed by atoms with E-state index in [1.807, 2.05) is 12.1 Å². The molecule has 1 aromatic rings. The molecule has 0 unspecified atom stereocenters. The zero-order valence-corrected chi connectivity index (χ0v) is 10.6. The molecule has 3 heteroatoms. The van der Waals surface area contributed by atoms with Crippen molar-refractivity contribution in [3.05, 3.63) is 35.4 Å². The Morgan fingerprint density at radius 2 is 2.19 bits per heavy atom. The Morgan fingerprint density at radius 1 is 1.44 bits per heavy atom. The topological polar surface area (TPSA) is 26.3 Å². The van der Waals surface area contributed by atoms with Crippen molar-refractivity contribution in [1.29, 1.82) is 0 Å². The average Bonchev–Trinajstić information content (AvgIpc) is 2.29. The Hall–Kier alpha value is -1.22. The first-order valence-corrected chi connectivity index (χ1v) is 6.05. The van der Waals surface area contributed by atoms with E-state index in [0.29, 0.717) is 11.3 Å². The van der Waals surface area contributed by atoms with Crippen LogP contribution < -0.4 is 4.74 Å². The molecule has 0 radical (unpaired) electrons. The first kappa shape index (κ1) is 12.8. The molecule has 0 N–H and O–H groups in total. The molecule has 0 aromatic heterocycles. The Labute approximate surface area is 101 Å². The highest BCUT2D eigenvalue weighted by Crippen LogP contribution is 2.25. The minimum atomic E-state index is 0.687. The number of carbonyl (C=O) groups excluding carboxylic acids is 1. The number of allylic oxidation sites excluding steroid dienone is 1. The third-order valence-corrected chi connectivity index (χ3v) is 3.09. The molecule has 0 bridgehead atoms. The maximum absolute atomic E-state index is 10.9. The molecule has 0 heterocycles. The number of hydrogen-bond donors (Lipinski definition) is 0. The number of thioether (sulfide) groups is 1. The van der Waals surface area contributed by atoms with Gasteiger partial charge >= 0.3 is 0 Å². The van der Waals surface area contributed by atoms with Crippen LogP contribution in [0.2, 0.25) is 0 Å². The van der Waals surface area contributed by atoms with E-state index in [-0.39, 0.29) is 0 Å². The predicted molar refractivity (Wildman–Crippen MR) is 68.5 cm³/mol. The molecule has 0 saturated heterocycles. The van der Waals surface area contributed by atoms with Gasteiger partial charge in [-0.3, -0.25) is 4.79 Å². The predicted octanol–water partition coefficient (Wildman–Crippen LogP) is 3.57. The van der Waals surface area contributed by atoms with E-state index in [4.69, 9.17) is 4.74 Å². The van der Waals surface area contributed by atoms with E-state index < -0.39 is 0 Å². The van der Waals surface area contributed by atoms with E-state index >= 15 is 0 Å². The van der Waals surface area contributed by atoms with Gasteiger partial charge in [0.15, 0.2) is 6.29 Å². The number of rotatable bonds is 5. The summed E-state index contributed by atoms with van der Waals surface area (Å²) in [6, 6.07) is 5.56. The van der Waals surface area contributed by atoms with Crippen molar-refractivity contribution >= 4 is 18.0 Å². The highest BCUT2D eigenvalue weighted by atomic mass is 32.2.